The zero-order valence-electron chi connectivity index (χ0n) is 6.14. The lowest BCUT2D eigenvalue weighted by atomic mass is 10.2. The van der Waals surface area contributed by atoms with Crippen LogP contribution in [-0.4, -0.2) is 19.6 Å². The molecule has 59 valence electrons. The molecule has 0 aromatic heterocycles. The summed E-state index contributed by atoms with van der Waals surface area (Å²) in [6, 6.07) is 0. The van der Waals surface area contributed by atoms with E-state index in [0.717, 1.165) is 32.2 Å². The van der Waals surface area contributed by atoms with Gasteiger partial charge in [0, 0.05) is 0 Å². The predicted octanol–water partition coefficient (Wildman–Crippen LogP) is 0.589. The van der Waals surface area contributed by atoms with Crippen LogP contribution in [0.2, 0.25) is 0 Å². The van der Waals surface area contributed by atoms with Crippen LogP contribution in [-0.2, 0) is 9.53 Å². The minimum Gasteiger partial charge on any atom is -0.457 e. The zero-order chi connectivity index (χ0) is 7.66. The minimum absolute atomic E-state index is 0.494. The molecule has 3 heteroatoms. The largest absolute Gasteiger partial charge is 0.457 e. The van der Waals surface area contributed by atoms with Crippen LogP contribution in [0.5, 0.6) is 0 Å². The van der Waals surface area contributed by atoms with Crippen molar-refractivity contribution >= 4 is 6.47 Å². The van der Waals surface area contributed by atoms with Crippen molar-refractivity contribution in [3.8, 4) is 0 Å². The summed E-state index contributed by atoms with van der Waals surface area (Å²) in [6.45, 7) is 2.63. The highest BCUT2D eigenvalue weighted by Gasteiger charge is 1.88. The van der Waals surface area contributed by atoms with Gasteiger partial charge < -0.3 is 10.5 Å². The van der Waals surface area contributed by atoms with Crippen LogP contribution < -0.4 is 5.73 Å². The summed E-state index contributed by atoms with van der Waals surface area (Å²) >= 11 is 0. The van der Waals surface area contributed by atoms with Gasteiger partial charge in [-0.25, -0.2) is 4.79 Å². The van der Waals surface area contributed by atoms with E-state index in [1.165, 1.54) is 6.47 Å². The van der Waals surface area contributed by atoms with Gasteiger partial charge in [-0.2, -0.15) is 0 Å². The second-order valence-electron chi connectivity index (χ2n) is 2.13. The molecule has 0 saturated heterocycles. The first kappa shape index (κ1) is 9.43. The van der Waals surface area contributed by atoms with Gasteiger partial charge in [-0.05, 0) is 19.4 Å². The topological polar surface area (TPSA) is 52.3 Å². The Morgan fingerprint density at radius 2 is 1.90 bits per heavy atom. The molecule has 0 unspecified atom stereocenters. The van der Waals surface area contributed by atoms with Crippen molar-refractivity contribution in [3.63, 3.8) is 0 Å². The molecule has 0 amide bonds. The number of rotatable bonds is 7. The quantitative estimate of drug-likeness (QED) is 0.532. The summed E-state index contributed by atoms with van der Waals surface area (Å²) < 4.78 is 4.38. The van der Waals surface area contributed by atoms with Crippen LogP contribution in [0.3, 0.4) is 0 Å². The van der Waals surface area contributed by atoms with E-state index in [9.17, 15) is 4.79 Å². The Hall–Kier alpha value is -0.570. The first-order chi connectivity index (χ1) is 4.91. The van der Waals surface area contributed by atoms with Gasteiger partial charge in [0.25, 0.3) is 0 Å². The molecule has 0 atom stereocenters. The molecule has 2 N–H and O–H groups in total. The summed E-state index contributed by atoms with van der Waals surface area (Å²) in [5.74, 6) is 0. The van der Waals surface area contributed by atoms with Crippen molar-refractivity contribution in [2.75, 3.05) is 13.2 Å². The first-order valence-electron chi connectivity index (χ1n) is 3.61. The number of carbonyl (C=O) groups excluding carboxylic acids is 1. The number of hydrogen-bond acceptors (Lipinski definition) is 3. The molecule has 0 saturated carbocycles. The van der Waals surface area contributed by atoms with Crippen molar-refractivity contribution in [1.82, 2.24) is 0 Å². The number of unbranched alkanes of at least 4 members (excludes halogenated alkanes) is 3. The summed E-state index contributed by atoms with van der Waals surface area (Å²) in [7, 11) is 0. The molecule has 0 aromatic carbocycles. The molecule has 3 nitrogen and oxygen atoms in total. The van der Waals surface area contributed by atoms with Crippen molar-refractivity contribution in [1.29, 1.82) is 0 Å². The van der Waals surface area contributed by atoms with E-state index < -0.39 is 0 Å². The fourth-order valence-electron chi connectivity index (χ4n) is 0.714. The smallest absolute Gasteiger partial charge is 0.417 e. The normalized spacial score (nSPS) is 9.30. The Morgan fingerprint density at radius 1 is 1.20 bits per heavy atom. The lowest BCUT2D eigenvalue weighted by Crippen LogP contribution is -1.98. The van der Waals surface area contributed by atoms with Gasteiger partial charge in [0.15, 0.2) is 0 Å². The Labute approximate surface area is 61.5 Å². The van der Waals surface area contributed by atoms with E-state index in [2.05, 4.69) is 4.74 Å². The van der Waals surface area contributed by atoms with Gasteiger partial charge in [-0.3, -0.25) is 0 Å². The van der Waals surface area contributed by atoms with Crippen molar-refractivity contribution < 1.29 is 9.53 Å². The molecule has 0 heterocycles. The van der Waals surface area contributed by atoms with Gasteiger partial charge >= 0.3 is 6.47 Å². The molecule has 0 rings (SSSR count). The zero-order valence-corrected chi connectivity index (χ0v) is 6.14. The third kappa shape index (κ3) is 7.43. The highest BCUT2D eigenvalue weighted by molar-refractivity contribution is 5.37. The standard InChI is InChI=1S/C7H14NO2/c8-5-3-1-2-4-6-10-7-9/h1-6,8H2. The van der Waals surface area contributed by atoms with Crippen LogP contribution in [0.4, 0.5) is 0 Å². The lowest BCUT2D eigenvalue weighted by molar-refractivity contribution is 0.269. The molecule has 0 bridgehead atoms. The third-order valence-corrected chi connectivity index (χ3v) is 1.26. The average Bonchev–Trinajstić information content (AvgIpc) is 1.97. The summed E-state index contributed by atoms with van der Waals surface area (Å²) in [6.07, 6.45) is 4.19. The highest BCUT2D eigenvalue weighted by atomic mass is 16.5. The van der Waals surface area contributed by atoms with Crippen LogP contribution >= 0.6 is 0 Å². The Balaban J connectivity index is 2.70. The maximum atomic E-state index is 9.53. The van der Waals surface area contributed by atoms with Gasteiger partial charge in [0.2, 0.25) is 0 Å². The molecule has 10 heavy (non-hydrogen) atoms. The molecule has 0 spiro atoms. The molecule has 0 aromatic rings. The van der Waals surface area contributed by atoms with E-state index in [4.69, 9.17) is 5.73 Å². The lowest BCUT2D eigenvalue weighted by Gasteiger charge is -1.96. The summed E-state index contributed by atoms with van der Waals surface area (Å²) in [4.78, 5) is 9.53. The molecular weight excluding hydrogens is 130 g/mol. The van der Waals surface area contributed by atoms with Crippen molar-refractivity contribution in [2.45, 2.75) is 25.7 Å². The van der Waals surface area contributed by atoms with E-state index >= 15 is 0 Å². The fourth-order valence-corrected chi connectivity index (χ4v) is 0.714. The van der Waals surface area contributed by atoms with E-state index in [1.807, 2.05) is 0 Å². The Kier molecular flexibility index (Phi) is 7.95. The minimum atomic E-state index is 0.494. The van der Waals surface area contributed by atoms with Gasteiger partial charge in [-0.1, -0.05) is 12.8 Å². The Bertz CT molecular complexity index is 76.0. The number of ether oxygens (including phenoxy) is 1. The van der Waals surface area contributed by atoms with Crippen molar-refractivity contribution in [2.24, 2.45) is 5.73 Å². The monoisotopic (exact) mass is 144 g/mol. The maximum Gasteiger partial charge on any atom is 0.417 e. The number of nitrogens with two attached hydrogens (primary N) is 1. The molecule has 1 radical (unpaired) electrons. The molecule has 0 aliphatic heterocycles. The maximum absolute atomic E-state index is 9.53. The SMILES string of the molecule is NCCCCCCO[C]=O. The van der Waals surface area contributed by atoms with E-state index in [0.29, 0.717) is 6.61 Å². The van der Waals surface area contributed by atoms with Crippen molar-refractivity contribution in [3.05, 3.63) is 0 Å². The Morgan fingerprint density at radius 3 is 2.50 bits per heavy atom. The van der Waals surface area contributed by atoms with Gasteiger partial charge in [0.1, 0.15) is 0 Å². The third-order valence-electron chi connectivity index (χ3n) is 1.26. The number of hydrogen-bond donors (Lipinski definition) is 1. The van der Waals surface area contributed by atoms with E-state index in [-0.39, 0.29) is 0 Å². The van der Waals surface area contributed by atoms with E-state index in [1.54, 1.807) is 0 Å². The van der Waals surface area contributed by atoms with Crippen LogP contribution in [0.15, 0.2) is 0 Å². The second-order valence-corrected chi connectivity index (χ2v) is 2.13. The highest BCUT2D eigenvalue weighted by Crippen LogP contribution is 1.97. The van der Waals surface area contributed by atoms with Crippen LogP contribution in [0.25, 0.3) is 0 Å². The first-order valence-corrected chi connectivity index (χ1v) is 3.61. The van der Waals surface area contributed by atoms with Gasteiger partial charge in [0.05, 0.1) is 6.61 Å². The predicted molar refractivity (Wildman–Crippen MR) is 39.2 cm³/mol. The fraction of sp³-hybridized carbons (Fsp3) is 0.857. The second kappa shape index (κ2) is 8.43. The summed E-state index contributed by atoms with van der Waals surface area (Å²) in [5.41, 5.74) is 5.28. The molecular formula is C7H14NO2. The average molecular weight is 144 g/mol. The molecule has 0 aliphatic rings. The molecule has 0 fully saturated rings. The van der Waals surface area contributed by atoms with Crippen LogP contribution in [0, 0.1) is 0 Å². The van der Waals surface area contributed by atoms with Crippen LogP contribution in [0.1, 0.15) is 25.7 Å². The summed E-state index contributed by atoms with van der Waals surface area (Å²) in [5, 5.41) is 0. The van der Waals surface area contributed by atoms with Gasteiger partial charge in [-0.15, -0.1) is 0 Å². The molecule has 0 aliphatic carbocycles.